The number of aryl methyl sites for hydroxylation is 1. The summed E-state index contributed by atoms with van der Waals surface area (Å²) >= 11 is 0. The van der Waals surface area contributed by atoms with Crippen LogP contribution in [0.2, 0.25) is 0 Å². The van der Waals surface area contributed by atoms with Crippen LogP contribution in [0.15, 0.2) is 54.6 Å². The van der Waals surface area contributed by atoms with Gasteiger partial charge in [0.15, 0.2) is 5.83 Å². The van der Waals surface area contributed by atoms with E-state index in [4.69, 9.17) is 0 Å². The summed E-state index contributed by atoms with van der Waals surface area (Å²) in [6, 6.07) is 14.7. The van der Waals surface area contributed by atoms with Gasteiger partial charge in [0.2, 0.25) is 0 Å². The summed E-state index contributed by atoms with van der Waals surface area (Å²) in [7, 11) is 0. The van der Waals surface area contributed by atoms with E-state index in [9.17, 15) is 23.1 Å². The highest BCUT2D eigenvalue weighted by atomic mass is 19.4. The Balaban J connectivity index is 1.28. The number of alkyl halides is 3. The summed E-state index contributed by atoms with van der Waals surface area (Å²) in [6.07, 6.45) is -2.09. The van der Waals surface area contributed by atoms with Gasteiger partial charge in [0.1, 0.15) is 5.69 Å². The highest BCUT2D eigenvalue weighted by molar-refractivity contribution is 5.94. The first-order valence-electron chi connectivity index (χ1n) is 12.7. The average Bonchev–Trinajstić information content (AvgIpc) is 3.64. The largest absolute Gasteiger partial charge is 0.398 e. The van der Waals surface area contributed by atoms with Crippen molar-refractivity contribution in [3.8, 4) is 0 Å². The molecule has 1 N–H and O–H groups in total. The number of nitrogens with zero attached hydrogens (tertiary/aromatic N) is 3. The van der Waals surface area contributed by atoms with Crippen LogP contribution in [0.3, 0.4) is 0 Å². The van der Waals surface area contributed by atoms with E-state index in [-0.39, 0.29) is 36.1 Å². The van der Waals surface area contributed by atoms with Crippen LogP contribution in [0.25, 0.3) is 11.9 Å². The number of aromatic nitrogens is 2. The molecular weight excluding hydrogens is 498 g/mol. The van der Waals surface area contributed by atoms with Gasteiger partial charge in [0, 0.05) is 24.3 Å². The summed E-state index contributed by atoms with van der Waals surface area (Å²) in [5.41, 5.74) is 1.14. The molecule has 0 atom stereocenters. The Hall–Kier alpha value is -3.46. The van der Waals surface area contributed by atoms with E-state index in [0.717, 1.165) is 11.3 Å². The highest BCUT2D eigenvalue weighted by Gasteiger charge is 2.64. The molecule has 2 fully saturated rings. The molecule has 5 nitrogen and oxygen atoms in total. The summed E-state index contributed by atoms with van der Waals surface area (Å²) < 4.78 is 56.8. The molecular formula is C29H29F4N3O2. The van der Waals surface area contributed by atoms with E-state index >= 15 is 4.39 Å². The van der Waals surface area contributed by atoms with Crippen LogP contribution in [-0.2, 0) is 12.0 Å². The SMILES string of the molecule is Cc1cc(/C(F)=C/c2ccc(C3(C(F)(F)F)CC3)cc2)nn1Cc1cccc(C(=O)N2CCC(O)CC2)c1. The predicted molar refractivity (Wildman–Crippen MR) is 136 cm³/mol. The lowest BCUT2D eigenvalue weighted by Gasteiger charge is -2.29. The molecule has 0 radical (unpaired) electrons. The molecule has 5 rings (SSSR count). The summed E-state index contributed by atoms with van der Waals surface area (Å²) in [4.78, 5) is 14.6. The van der Waals surface area contributed by atoms with E-state index in [1.807, 2.05) is 6.07 Å². The summed E-state index contributed by atoms with van der Waals surface area (Å²) in [5, 5.41) is 14.1. The van der Waals surface area contributed by atoms with E-state index < -0.39 is 17.4 Å². The second-order valence-corrected chi connectivity index (χ2v) is 10.2. The number of halogens is 4. The highest BCUT2D eigenvalue weighted by Crippen LogP contribution is 2.58. The fraction of sp³-hybridized carbons (Fsp3) is 0.379. The fourth-order valence-corrected chi connectivity index (χ4v) is 4.99. The van der Waals surface area contributed by atoms with Crippen molar-refractivity contribution in [2.45, 2.75) is 56.8 Å². The van der Waals surface area contributed by atoms with Gasteiger partial charge in [-0.1, -0.05) is 36.4 Å². The maximum atomic E-state index is 15.0. The lowest BCUT2D eigenvalue weighted by Crippen LogP contribution is -2.40. The molecule has 200 valence electrons. The van der Waals surface area contributed by atoms with Crippen molar-refractivity contribution in [1.82, 2.24) is 14.7 Å². The molecule has 2 aromatic carbocycles. The molecule has 1 saturated carbocycles. The number of rotatable bonds is 6. The molecule has 1 saturated heterocycles. The van der Waals surface area contributed by atoms with Gasteiger partial charge in [0.05, 0.1) is 18.1 Å². The molecule has 9 heteroatoms. The van der Waals surface area contributed by atoms with Crippen molar-refractivity contribution in [1.29, 1.82) is 0 Å². The van der Waals surface area contributed by atoms with Gasteiger partial charge < -0.3 is 10.0 Å². The van der Waals surface area contributed by atoms with Crippen molar-refractivity contribution in [2.24, 2.45) is 0 Å². The van der Waals surface area contributed by atoms with Gasteiger partial charge >= 0.3 is 6.18 Å². The number of likely N-dealkylation sites (tertiary alicyclic amines) is 1. The van der Waals surface area contributed by atoms with Crippen LogP contribution < -0.4 is 0 Å². The molecule has 38 heavy (non-hydrogen) atoms. The van der Waals surface area contributed by atoms with E-state index in [1.54, 1.807) is 40.8 Å². The third-order valence-corrected chi connectivity index (χ3v) is 7.53. The number of hydrogen-bond acceptors (Lipinski definition) is 3. The van der Waals surface area contributed by atoms with Crippen molar-refractivity contribution in [2.75, 3.05) is 13.1 Å². The van der Waals surface area contributed by atoms with E-state index in [0.29, 0.717) is 43.6 Å². The maximum Gasteiger partial charge on any atom is 0.398 e. The second kappa shape index (κ2) is 10.0. The minimum absolute atomic E-state index is 0.0796. The first-order valence-corrected chi connectivity index (χ1v) is 12.7. The van der Waals surface area contributed by atoms with Gasteiger partial charge in [-0.15, -0.1) is 0 Å². The molecule has 1 aromatic heterocycles. The molecule has 2 heterocycles. The number of amides is 1. The quantitative estimate of drug-likeness (QED) is 0.406. The summed E-state index contributed by atoms with van der Waals surface area (Å²) in [5.74, 6) is -0.674. The predicted octanol–water partition coefficient (Wildman–Crippen LogP) is 5.90. The van der Waals surface area contributed by atoms with Gasteiger partial charge in [-0.2, -0.15) is 18.3 Å². The lowest BCUT2D eigenvalue weighted by atomic mass is 9.94. The lowest BCUT2D eigenvalue weighted by molar-refractivity contribution is -0.160. The Morgan fingerprint density at radius 1 is 1.11 bits per heavy atom. The third kappa shape index (κ3) is 5.25. The molecule has 0 unspecified atom stereocenters. The van der Waals surface area contributed by atoms with Gasteiger partial charge in [-0.3, -0.25) is 9.48 Å². The molecule has 3 aromatic rings. The first kappa shape index (κ1) is 26.2. The number of aliphatic hydroxyl groups is 1. The summed E-state index contributed by atoms with van der Waals surface area (Å²) in [6.45, 7) is 3.18. The van der Waals surface area contributed by atoms with Gasteiger partial charge in [-0.25, -0.2) is 4.39 Å². The van der Waals surface area contributed by atoms with Gasteiger partial charge in [0.25, 0.3) is 5.91 Å². The Kier molecular flexibility index (Phi) is 6.90. The average molecular weight is 528 g/mol. The standard InChI is InChI=1S/C29H29F4N3O2/c1-19-15-26(25(30)17-20-5-7-23(8-6-20)28(11-12-28)29(31,32)33)34-36(19)18-21-3-2-4-22(16-21)27(38)35-13-9-24(37)10-14-35/h2-8,15-17,24,37H,9-14,18H2,1H3/b25-17-. The maximum absolute atomic E-state index is 15.0. The van der Waals surface area contributed by atoms with Crippen molar-refractivity contribution >= 4 is 17.8 Å². The van der Waals surface area contributed by atoms with Gasteiger partial charge in [-0.05, 0) is 73.6 Å². The Bertz CT molecular complexity index is 1350. The number of piperidine rings is 1. The molecule has 1 aliphatic heterocycles. The van der Waals surface area contributed by atoms with Crippen molar-refractivity contribution in [3.63, 3.8) is 0 Å². The van der Waals surface area contributed by atoms with Crippen LogP contribution in [0.1, 0.15) is 64.1 Å². The number of carbonyl (C=O) groups is 1. The van der Waals surface area contributed by atoms with Crippen LogP contribution >= 0.6 is 0 Å². The fourth-order valence-electron chi connectivity index (χ4n) is 4.99. The van der Waals surface area contributed by atoms with E-state index in [2.05, 4.69) is 5.10 Å². The molecule has 1 amide bonds. The molecule has 2 aliphatic rings. The zero-order valence-corrected chi connectivity index (χ0v) is 21.0. The topological polar surface area (TPSA) is 58.4 Å². The monoisotopic (exact) mass is 527 g/mol. The number of carbonyl (C=O) groups excluding carboxylic acids is 1. The van der Waals surface area contributed by atoms with Crippen LogP contribution in [0.5, 0.6) is 0 Å². The third-order valence-electron chi connectivity index (χ3n) is 7.53. The van der Waals surface area contributed by atoms with Crippen molar-refractivity contribution < 1.29 is 27.5 Å². The van der Waals surface area contributed by atoms with E-state index in [1.165, 1.54) is 30.3 Å². The molecule has 0 spiro atoms. The smallest absolute Gasteiger partial charge is 0.393 e. The number of aliphatic hydroxyl groups excluding tert-OH is 1. The second-order valence-electron chi connectivity index (χ2n) is 10.2. The first-order chi connectivity index (χ1) is 18.1. The zero-order chi connectivity index (χ0) is 27.1. The number of hydrogen-bond donors (Lipinski definition) is 1. The minimum atomic E-state index is -4.29. The van der Waals surface area contributed by atoms with Crippen LogP contribution in [0.4, 0.5) is 17.6 Å². The molecule has 1 aliphatic carbocycles. The van der Waals surface area contributed by atoms with Crippen LogP contribution in [0, 0.1) is 6.92 Å². The van der Waals surface area contributed by atoms with Crippen molar-refractivity contribution in [3.05, 3.63) is 88.2 Å². The minimum Gasteiger partial charge on any atom is -0.393 e. The Morgan fingerprint density at radius 2 is 1.79 bits per heavy atom. The Labute approximate surface area is 218 Å². The Morgan fingerprint density at radius 3 is 2.42 bits per heavy atom. The van der Waals surface area contributed by atoms with Crippen LogP contribution in [-0.4, -0.2) is 51.1 Å². The molecule has 0 bridgehead atoms. The number of benzene rings is 2. The zero-order valence-electron chi connectivity index (χ0n) is 21.0. The normalized spacial score (nSPS) is 18.1.